The van der Waals surface area contributed by atoms with Crippen LogP contribution >= 0.6 is 11.3 Å². The number of ether oxygens (including phenoxy) is 1. The van der Waals surface area contributed by atoms with Crippen LogP contribution in [0.4, 0.5) is 0 Å². The Bertz CT molecular complexity index is 647. The molecule has 0 aliphatic heterocycles. The first-order valence-corrected chi connectivity index (χ1v) is 7.50. The Kier molecular flexibility index (Phi) is 3.33. The first-order valence-electron chi connectivity index (χ1n) is 6.68. The minimum absolute atomic E-state index is 0.255. The Morgan fingerprint density at radius 1 is 1.60 bits per heavy atom. The highest BCUT2D eigenvalue weighted by Gasteiger charge is 2.34. The van der Waals surface area contributed by atoms with Gasteiger partial charge in [0.1, 0.15) is 9.88 Å². The second-order valence-electron chi connectivity index (χ2n) is 5.41. The lowest BCUT2D eigenvalue weighted by Crippen LogP contribution is -2.07. The summed E-state index contributed by atoms with van der Waals surface area (Å²) in [6.07, 6.45) is 4.80. The van der Waals surface area contributed by atoms with E-state index in [1.54, 1.807) is 10.9 Å². The predicted octanol–water partition coefficient (Wildman–Crippen LogP) is 2.66. The maximum absolute atomic E-state index is 12.1. The molecule has 0 radical (unpaired) electrons. The van der Waals surface area contributed by atoms with Gasteiger partial charge in [0.2, 0.25) is 0 Å². The topological polar surface area (TPSA) is 57.0 Å². The van der Waals surface area contributed by atoms with Gasteiger partial charge >= 0.3 is 5.97 Å². The molecule has 0 N–H and O–H groups in total. The predicted molar refractivity (Wildman–Crippen MR) is 76.6 cm³/mol. The Hall–Kier alpha value is -1.69. The smallest absolute Gasteiger partial charge is 0.350 e. The number of aromatic nitrogens is 3. The summed E-state index contributed by atoms with van der Waals surface area (Å²) in [5.41, 5.74) is 1.65. The van der Waals surface area contributed by atoms with Crippen molar-refractivity contribution >= 4 is 17.3 Å². The van der Waals surface area contributed by atoms with Gasteiger partial charge in [0.05, 0.1) is 18.5 Å². The Morgan fingerprint density at radius 2 is 2.35 bits per heavy atom. The lowest BCUT2D eigenvalue weighted by molar-refractivity contribution is 0.0486. The molecule has 106 valence electrons. The van der Waals surface area contributed by atoms with Crippen LogP contribution in [0.3, 0.4) is 0 Å². The van der Waals surface area contributed by atoms with Gasteiger partial charge in [-0.25, -0.2) is 9.78 Å². The summed E-state index contributed by atoms with van der Waals surface area (Å²) in [6.45, 7) is 4.54. The van der Waals surface area contributed by atoms with Crippen LogP contribution < -0.4 is 0 Å². The molecular formula is C14H17N3O2S. The maximum Gasteiger partial charge on any atom is 0.350 e. The molecule has 2 aromatic heterocycles. The first kappa shape index (κ1) is 13.3. The van der Waals surface area contributed by atoms with Crippen molar-refractivity contribution in [3.63, 3.8) is 0 Å². The molecule has 2 heterocycles. The Balaban J connectivity index is 1.73. The fourth-order valence-corrected chi connectivity index (χ4v) is 3.06. The zero-order chi connectivity index (χ0) is 14.3. The molecular weight excluding hydrogens is 274 g/mol. The van der Waals surface area contributed by atoms with Crippen molar-refractivity contribution in [1.82, 2.24) is 14.8 Å². The van der Waals surface area contributed by atoms with E-state index in [-0.39, 0.29) is 5.97 Å². The van der Waals surface area contributed by atoms with Gasteiger partial charge in [-0.15, -0.1) is 11.3 Å². The van der Waals surface area contributed by atoms with E-state index in [2.05, 4.69) is 17.0 Å². The lowest BCUT2D eigenvalue weighted by atomic mass is 10.3. The van der Waals surface area contributed by atoms with Gasteiger partial charge in [-0.05, 0) is 25.2 Å². The van der Waals surface area contributed by atoms with Gasteiger partial charge in [0.15, 0.2) is 0 Å². The zero-order valence-corrected chi connectivity index (χ0v) is 12.6. The monoisotopic (exact) mass is 291 g/mol. The molecule has 3 rings (SSSR count). The van der Waals surface area contributed by atoms with Crippen molar-refractivity contribution in [2.75, 3.05) is 6.61 Å². The van der Waals surface area contributed by atoms with Crippen LogP contribution in [0.5, 0.6) is 0 Å². The van der Waals surface area contributed by atoms with E-state index in [1.165, 1.54) is 11.3 Å². The normalized spacial score (nSPS) is 20.9. The van der Waals surface area contributed by atoms with E-state index >= 15 is 0 Å². The highest BCUT2D eigenvalue weighted by molar-refractivity contribution is 7.17. The summed E-state index contributed by atoms with van der Waals surface area (Å²) in [5, 5.41) is 4.93. The van der Waals surface area contributed by atoms with Crippen molar-refractivity contribution in [1.29, 1.82) is 0 Å². The van der Waals surface area contributed by atoms with E-state index in [0.29, 0.717) is 23.3 Å². The number of carbonyl (C=O) groups excluding carboxylic acids is 1. The van der Waals surface area contributed by atoms with Gasteiger partial charge in [-0.3, -0.25) is 4.68 Å². The number of thiazole rings is 1. The van der Waals surface area contributed by atoms with Crippen LogP contribution in [0.2, 0.25) is 0 Å². The number of esters is 1. The number of carbonyl (C=O) groups is 1. The molecule has 0 amide bonds. The summed E-state index contributed by atoms with van der Waals surface area (Å²) >= 11 is 1.37. The fourth-order valence-electron chi connectivity index (χ4n) is 2.12. The van der Waals surface area contributed by atoms with Crippen molar-refractivity contribution in [3.8, 4) is 10.6 Å². The molecule has 6 heteroatoms. The summed E-state index contributed by atoms with van der Waals surface area (Å²) < 4.78 is 7.09. The molecule has 0 spiro atoms. The molecule has 1 fully saturated rings. The quantitative estimate of drug-likeness (QED) is 0.813. The third kappa shape index (κ3) is 2.60. The lowest BCUT2D eigenvalue weighted by Gasteiger charge is -2.01. The molecule has 0 unspecified atom stereocenters. The molecule has 0 aromatic carbocycles. The van der Waals surface area contributed by atoms with E-state index in [9.17, 15) is 4.79 Å². The summed E-state index contributed by atoms with van der Waals surface area (Å²) in [4.78, 5) is 17.1. The van der Waals surface area contributed by atoms with E-state index < -0.39 is 0 Å². The largest absolute Gasteiger partial charge is 0.461 e. The number of nitrogens with zero attached hydrogens (tertiary/aromatic N) is 3. The summed E-state index contributed by atoms with van der Waals surface area (Å²) in [6, 6.07) is 0. The third-order valence-electron chi connectivity index (χ3n) is 3.64. The van der Waals surface area contributed by atoms with E-state index in [0.717, 1.165) is 22.7 Å². The average molecular weight is 291 g/mol. The number of aryl methyl sites for hydroxylation is 2. The highest BCUT2D eigenvalue weighted by Crippen LogP contribution is 2.38. The van der Waals surface area contributed by atoms with Crippen molar-refractivity contribution in [2.24, 2.45) is 18.9 Å². The van der Waals surface area contributed by atoms with Gasteiger partial charge in [0, 0.05) is 18.8 Å². The fraction of sp³-hybridized carbons (Fsp3) is 0.500. The maximum atomic E-state index is 12.1. The second kappa shape index (κ2) is 5.01. The SMILES string of the molecule is Cc1nc(-c2cnn(C)c2)sc1C(=O)OC[C@H]1C[C@@H]1C. The summed E-state index contributed by atoms with van der Waals surface area (Å²) in [5.74, 6) is 0.982. The molecule has 2 atom stereocenters. The third-order valence-corrected chi connectivity index (χ3v) is 4.83. The zero-order valence-electron chi connectivity index (χ0n) is 11.8. The molecule has 5 nitrogen and oxygen atoms in total. The minimum Gasteiger partial charge on any atom is -0.461 e. The molecule has 1 aliphatic rings. The van der Waals surface area contributed by atoms with E-state index in [1.807, 2.05) is 20.2 Å². The van der Waals surface area contributed by atoms with Crippen molar-refractivity contribution in [3.05, 3.63) is 23.0 Å². The molecule has 0 saturated heterocycles. The first-order chi connectivity index (χ1) is 9.54. The highest BCUT2D eigenvalue weighted by atomic mass is 32.1. The van der Waals surface area contributed by atoms with Gasteiger partial charge in [-0.2, -0.15) is 5.10 Å². The second-order valence-corrected chi connectivity index (χ2v) is 6.41. The van der Waals surface area contributed by atoms with Crippen LogP contribution in [0, 0.1) is 18.8 Å². The molecule has 1 saturated carbocycles. The Labute approximate surface area is 121 Å². The number of hydrogen-bond acceptors (Lipinski definition) is 5. The molecule has 20 heavy (non-hydrogen) atoms. The Morgan fingerprint density at radius 3 is 2.95 bits per heavy atom. The number of rotatable bonds is 4. The van der Waals surface area contributed by atoms with Gasteiger partial charge in [0.25, 0.3) is 0 Å². The van der Waals surface area contributed by atoms with Crippen molar-refractivity contribution < 1.29 is 9.53 Å². The standard InChI is InChI=1S/C14H17N3O2S/c1-8-4-10(8)7-19-14(18)12-9(2)16-13(20-12)11-5-15-17(3)6-11/h5-6,8,10H,4,7H2,1-3H3/t8-,10+/m0/s1. The van der Waals surface area contributed by atoms with Crippen LogP contribution in [0.1, 0.15) is 28.7 Å². The minimum atomic E-state index is -0.255. The molecule has 0 bridgehead atoms. The molecule has 2 aromatic rings. The molecule has 1 aliphatic carbocycles. The van der Waals surface area contributed by atoms with Crippen LogP contribution in [-0.2, 0) is 11.8 Å². The van der Waals surface area contributed by atoms with Gasteiger partial charge < -0.3 is 4.74 Å². The van der Waals surface area contributed by atoms with Crippen molar-refractivity contribution in [2.45, 2.75) is 20.3 Å². The van der Waals surface area contributed by atoms with Gasteiger partial charge in [-0.1, -0.05) is 6.92 Å². The number of hydrogen-bond donors (Lipinski definition) is 0. The van der Waals surface area contributed by atoms with Crippen LogP contribution in [0.15, 0.2) is 12.4 Å². The van der Waals surface area contributed by atoms with Crippen LogP contribution in [-0.4, -0.2) is 27.3 Å². The average Bonchev–Trinajstić information content (AvgIpc) is 2.79. The van der Waals surface area contributed by atoms with Crippen LogP contribution in [0.25, 0.3) is 10.6 Å². The summed E-state index contributed by atoms with van der Waals surface area (Å²) in [7, 11) is 1.86. The van der Waals surface area contributed by atoms with E-state index in [4.69, 9.17) is 4.74 Å².